The van der Waals surface area contributed by atoms with E-state index < -0.39 is 28.9 Å². The monoisotopic (exact) mass is 382 g/mol. The minimum Gasteiger partial charge on any atom is -0.333 e. The average Bonchev–Trinajstić information content (AvgIpc) is 2.61. The molecule has 1 amide bonds. The minimum absolute atomic E-state index is 0.0852. The van der Waals surface area contributed by atoms with Crippen molar-refractivity contribution in [3.05, 3.63) is 60.2 Å². The van der Waals surface area contributed by atoms with Crippen molar-refractivity contribution in [1.82, 2.24) is 4.90 Å². The molecule has 2 rings (SSSR count). The SMILES string of the molecule is CCCN(CC(F)F)C(=O)c1cccc(NS(=O)(=O)c2ccccc2)c1. The van der Waals surface area contributed by atoms with Crippen LogP contribution in [0.2, 0.25) is 0 Å². The number of nitrogens with zero attached hydrogens (tertiary/aromatic N) is 1. The van der Waals surface area contributed by atoms with Gasteiger partial charge in [-0.3, -0.25) is 9.52 Å². The van der Waals surface area contributed by atoms with Crippen molar-refractivity contribution in [2.24, 2.45) is 0 Å². The molecule has 140 valence electrons. The molecule has 0 radical (unpaired) electrons. The van der Waals surface area contributed by atoms with Gasteiger partial charge in [-0.1, -0.05) is 31.2 Å². The third kappa shape index (κ3) is 5.26. The molecule has 0 heterocycles. The first-order chi connectivity index (χ1) is 12.3. The molecular formula is C18H20F2N2O3S. The molecule has 0 atom stereocenters. The summed E-state index contributed by atoms with van der Waals surface area (Å²) in [5.41, 5.74) is 0.334. The molecule has 0 fully saturated rings. The fraction of sp³-hybridized carbons (Fsp3) is 0.278. The average molecular weight is 382 g/mol. The minimum atomic E-state index is -3.80. The van der Waals surface area contributed by atoms with Crippen molar-refractivity contribution in [2.45, 2.75) is 24.7 Å². The molecule has 2 aromatic carbocycles. The highest BCUT2D eigenvalue weighted by Crippen LogP contribution is 2.18. The molecule has 8 heteroatoms. The highest BCUT2D eigenvalue weighted by atomic mass is 32.2. The maximum absolute atomic E-state index is 12.7. The van der Waals surface area contributed by atoms with Crippen LogP contribution in [0.4, 0.5) is 14.5 Å². The van der Waals surface area contributed by atoms with E-state index in [9.17, 15) is 22.0 Å². The van der Waals surface area contributed by atoms with Gasteiger partial charge >= 0.3 is 0 Å². The Morgan fingerprint density at radius 2 is 1.81 bits per heavy atom. The van der Waals surface area contributed by atoms with E-state index in [2.05, 4.69) is 4.72 Å². The number of nitrogens with one attached hydrogen (secondary N) is 1. The lowest BCUT2D eigenvalue weighted by molar-refractivity contribution is 0.0555. The number of hydrogen-bond donors (Lipinski definition) is 1. The van der Waals surface area contributed by atoms with Gasteiger partial charge < -0.3 is 4.90 Å². The lowest BCUT2D eigenvalue weighted by atomic mass is 10.1. The number of carbonyl (C=O) groups is 1. The molecule has 5 nitrogen and oxygen atoms in total. The zero-order valence-corrected chi connectivity index (χ0v) is 15.0. The van der Waals surface area contributed by atoms with E-state index in [1.165, 1.54) is 36.4 Å². The molecule has 0 aromatic heterocycles. The summed E-state index contributed by atoms with van der Waals surface area (Å²) in [6.07, 6.45) is -2.09. The van der Waals surface area contributed by atoms with E-state index >= 15 is 0 Å². The Hall–Kier alpha value is -2.48. The molecule has 0 unspecified atom stereocenters. The topological polar surface area (TPSA) is 66.5 Å². The Morgan fingerprint density at radius 3 is 2.42 bits per heavy atom. The predicted molar refractivity (Wildman–Crippen MR) is 95.9 cm³/mol. The van der Waals surface area contributed by atoms with Crippen LogP contribution in [-0.4, -0.2) is 38.7 Å². The molecule has 0 aliphatic heterocycles. The largest absolute Gasteiger partial charge is 0.333 e. The summed E-state index contributed by atoms with van der Waals surface area (Å²) >= 11 is 0. The molecule has 0 bridgehead atoms. The molecule has 0 aliphatic carbocycles. The number of benzene rings is 2. The molecule has 0 saturated heterocycles. The molecule has 0 aliphatic rings. The lowest BCUT2D eigenvalue weighted by Crippen LogP contribution is -2.35. The smallest absolute Gasteiger partial charge is 0.261 e. The summed E-state index contributed by atoms with van der Waals surface area (Å²) in [5, 5.41) is 0. The maximum atomic E-state index is 12.7. The Kier molecular flexibility index (Phi) is 6.68. The fourth-order valence-corrected chi connectivity index (χ4v) is 3.49. The van der Waals surface area contributed by atoms with Crippen LogP contribution in [0.3, 0.4) is 0 Å². The zero-order chi connectivity index (χ0) is 19.2. The molecule has 2 aromatic rings. The van der Waals surface area contributed by atoms with Crippen LogP contribution in [0.1, 0.15) is 23.7 Å². The molecule has 0 saturated carbocycles. The Bertz CT molecular complexity index is 843. The van der Waals surface area contributed by atoms with Gasteiger partial charge in [0.25, 0.3) is 22.4 Å². The number of alkyl halides is 2. The second kappa shape index (κ2) is 8.75. The zero-order valence-electron chi connectivity index (χ0n) is 14.2. The summed E-state index contributed by atoms with van der Waals surface area (Å²) in [4.78, 5) is 13.6. The van der Waals surface area contributed by atoms with Gasteiger partial charge in [0, 0.05) is 17.8 Å². The number of halogens is 2. The van der Waals surface area contributed by atoms with Gasteiger partial charge in [-0.2, -0.15) is 0 Å². The standard InChI is InChI=1S/C18H20F2N2O3S/c1-2-11-22(13-17(19)20)18(23)14-7-6-8-15(12-14)21-26(24,25)16-9-4-3-5-10-16/h3-10,12,17,21H,2,11,13H2,1H3. The van der Waals surface area contributed by atoms with Crippen molar-refractivity contribution in [2.75, 3.05) is 17.8 Å². The highest BCUT2D eigenvalue weighted by molar-refractivity contribution is 7.92. The summed E-state index contributed by atoms with van der Waals surface area (Å²) in [6, 6.07) is 13.6. The first-order valence-electron chi connectivity index (χ1n) is 8.09. The van der Waals surface area contributed by atoms with Crippen molar-refractivity contribution in [3.8, 4) is 0 Å². The van der Waals surface area contributed by atoms with Crippen LogP contribution in [0.15, 0.2) is 59.5 Å². The van der Waals surface area contributed by atoms with Crippen molar-refractivity contribution < 1.29 is 22.0 Å². The fourth-order valence-electron chi connectivity index (χ4n) is 2.42. The normalized spacial score (nSPS) is 11.4. The Labute approximate surface area is 151 Å². The van der Waals surface area contributed by atoms with Crippen molar-refractivity contribution in [3.63, 3.8) is 0 Å². The Morgan fingerprint density at radius 1 is 1.12 bits per heavy atom. The van der Waals surface area contributed by atoms with Crippen molar-refractivity contribution >= 4 is 21.6 Å². The van der Waals surface area contributed by atoms with E-state index in [1.807, 2.05) is 0 Å². The third-order valence-corrected chi connectivity index (χ3v) is 4.95. The number of hydrogen-bond acceptors (Lipinski definition) is 3. The summed E-state index contributed by atoms with van der Waals surface area (Å²) in [6.45, 7) is 1.33. The van der Waals surface area contributed by atoms with Gasteiger partial charge in [0.05, 0.1) is 11.4 Å². The first kappa shape index (κ1) is 19.8. The third-order valence-electron chi connectivity index (χ3n) is 3.55. The summed E-state index contributed by atoms with van der Waals surface area (Å²) < 4.78 is 52.5. The van der Waals surface area contributed by atoms with Gasteiger partial charge in [0.15, 0.2) is 0 Å². The van der Waals surface area contributed by atoms with Crippen LogP contribution >= 0.6 is 0 Å². The predicted octanol–water partition coefficient (Wildman–Crippen LogP) is 3.60. The van der Waals surface area contributed by atoms with E-state index in [1.54, 1.807) is 25.1 Å². The van der Waals surface area contributed by atoms with Gasteiger partial charge in [-0.15, -0.1) is 0 Å². The van der Waals surface area contributed by atoms with Crippen LogP contribution in [0, 0.1) is 0 Å². The molecular weight excluding hydrogens is 362 g/mol. The first-order valence-corrected chi connectivity index (χ1v) is 9.57. The van der Waals surface area contributed by atoms with E-state index in [0.29, 0.717) is 6.42 Å². The van der Waals surface area contributed by atoms with Crippen LogP contribution in [0.5, 0.6) is 0 Å². The molecule has 0 spiro atoms. The van der Waals surface area contributed by atoms with E-state index in [0.717, 1.165) is 4.90 Å². The highest BCUT2D eigenvalue weighted by Gasteiger charge is 2.20. The molecule has 26 heavy (non-hydrogen) atoms. The number of amides is 1. The van der Waals surface area contributed by atoms with E-state index in [4.69, 9.17) is 0 Å². The number of sulfonamides is 1. The van der Waals surface area contributed by atoms with Gasteiger partial charge in [-0.25, -0.2) is 17.2 Å². The second-order valence-electron chi connectivity index (χ2n) is 5.64. The summed E-state index contributed by atoms with van der Waals surface area (Å²) in [5.74, 6) is -0.562. The molecule has 1 N–H and O–H groups in total. The number of anilines is 1. The van der Waals surface area contributed by atoms with Crippen LogP contribution in [-0.2, 0) is 10.0 Å². The number of rotatable bonds is 8. The van der Waals surface area contributed by atoms with Gasteiger partial charge in [0.2, 0.25) is 0 Å². The second-order valence-corrected chi connectivity index (χ2v) is 7.32. The Balaban J connectivity index is 2.23. The summed E-state index contributed by atoms with van der Waals surface area (Å²) in [7, 11) is -3.80. The lowest BCUT2D eigenvalue weighted by Gasteiger charge is -2.22. The quantitative estimate of drug-likeness (QED) is 0.759. The van der Waals surface area contributed by atoms with Crippen LogP contribution in [0.25, 0.3) is 0 Å². The van der Waals surface area contributed by atoms with Crippen molar-refractivity contribution in [1.29, 1.82) is 0 Å². The van der Waals surface area contributed by atoms with Gasteiger partial charge in [0.1, 0.15) is 0 Å². The number of carbonyl (C=O) groups excluding carboxylic acids is 1. The van der Waals surface area contributed by atoms with Crippen LogP contribution < -0.4 is 4.72 Å². The maximum Gasteiger partial charge on any atom is 0.261 e. The van der Waals surface area contributed by atoms with Gasteiger partial charge in [-0.05, 0) is 36.8 Å². The van der Waals surface area contributed by atoms with E-state index in [-0.39, 0.29) is 22.7 Å².